The van der Waals surface area contributed by atoms with E-state index in [2.05, 4.69) is 5.32 Å². The van der Waals surface area contributed by atoms with Gasteiger partial charge < -0.3 is 19.7 Å². The van der Waals surface area contributed by atoms with Gasteiger partial charge in [-0.2, -0.15) is 0 Å². The number of hydrogen-bond acceptors (Lipinski definition) is 6. The Bertz CT molecular complexity index is 1530. The van der Waals surface area contributed by atoms with Gasteiger partial charge in [0, 0.05) is 34.8 Å². The van der Waals surface area contributed by atoms with E-state index in [1.807, 2.05) is 20.8 Å². The molecule has 1 N–H and O–H groups in total. The number of carbonyl (C=O) groups excluding carboxylic acids is 2. The average Bonchev–Trinajstić information content (AvgIpc) is 2.97. The maximum absolute atomic E-state index is 14.1. The first-order valence-corrected chi connectivity index (χ1v) is 15.8. The van der Waals surface area contributed by atoms with Crippen molar-refractivity contribution in [3.63, 3.8) is 0 Å². The normalized spacial score (nSPS) is 12.0. The van der Waals surface area contributed by atoms with E-state index >= 15 is 0 Å². The van der Waals surface area contributed by atoms with Crippen LogP contribution in [0.15, 0.2) is 65.6 Å². The molecule has 0 aliphatic rings. The van der Waals surface area contributed by atoms with Crippen LogP contribution in [0.4, 0.5) is 5.69 Å². The van der Waals surface area contributed by atoms with Crippen LogP contribution in [0, 0.1) is 12.8 Å². The fourth-order valence-corrected chi connectivity index (χ4v) is 6.16. The predicted molar refractivity (Wildman–Crippen MR) is 170 cm³/mol. The lowest BCUT2D eigenvalue weighted by molar-refractivity contribution is -0.139. The highest BCUT2D eigenvalue weighted by Gasteiger charge is 2.33. The Morgan fingerprint density at radius 1 is 0.907 bits per heavy atom. The van der Waals surface area contributed by atoms with Crippen molar-refractivity contribution >= 4 is 50.7 Å². The van der Waals surface area contributed by atoms with E-state index in [9.17, 15) is 18.0 Å². The van der Waals surface area contributed by atoms with Crippen LogP contribution >= 0.6 is 23.2 Å². The quantitative estimate of drug-likeness (QED) is 0.255. The maximum atomic E-state index is 14.1. The Morgan fingerprint density at radius 2 is 1.51 bits per heavy atom. The minimum absolute atomic E-state index is 0.0101. The van der Waals surface area contributed by atoms with E-state index in [1.165, 1.54) is 43.4 Å². The minimum Gasteiger partial charge on any atom is -0.493 e. The van der Waals surface area contributed by atoms with Gasteiger partial charge in [0.1, 0.15) is 12.6 Å². The van der Waals surface area contributed by atoms with Crippen LogP contribution in [0.25, 0.3) is 0 Å². The molecule has 0 spiro atoms. The Kier molecular flexibility index (Phi) is 11.7. The lowest BCUT2D eigenvalue weighted by atomic mass is 10.1. The number of nitrogens with one attached hydrogen (secondary N) is 1. The van der Waals surface area contributed by atoms with Gasteiger partial charge in [0.25, 0.3) is 10.0 Å². The summed E-state index contributed by atoms with van der Waals surface area (Å²) in [7, 11) is -1.37. The molecule has 0 aliphatic carbocycles. The number of halogens is 2. The molecule has 0 fully saturated rings. The molecule has 0 saturated carbocycles. The zero-order valence-electron chi connectivity index (χ0n) is 25.1. The molecule has 0 aliphatic heterocycles. The van der Waals surface area contributed by atoms with Crippen molar-refractivity contribution < 1.29 is 27.5 Å². The number of ether oxygens (including phenoxy) is 2. The number of anilines is 1. The van der Waals surface area contributed by atoms with Crippen molar-refractivity contribution in [1.29, 1.82) is 0 Å². The number of methoxy groups -OCH3 is 2. The van der Waals surface area contributed by atoms with Gasteiger partial charge in [0.2, 0.25) is 11.8 Å². The molecule has 3 aromatic carbocycles. The van der Waals surface area contributed by atoms with E-state index in [1.54, 1.807) is 43.3 Å². The third-order valence-corrected chi connectivity index (χ3v) is 9.28. The first kappa shape index (κ1) is 34.0. The Labute approximate surface area is 263 Å². The van der Waals surface area contributed by atoms with Gasteiger partial charge in [0.15, 0.2) is 11.5 Å². The smallest absolute Gasteiger partial charge is 0.264 e. The van der Waals surface area contributed by atoms with Crippen LogP contribution in [0.5, 0.6) is 11.5 Å². The monoisotopic (exact) mass is 649 g/mol. The standard InChI is InChI=1S/C31H37Cl2N3O6S/c1-20(2)17-34-31(38)22(4)35(18-25-26(32)8-7-9-27(25)33)30(37)19-36(23-12-15-28(41-5)29(16-23)42-6)43(39,40)24-13-10-21(3)11-14-24/h7-16,20,22H,17-19H2,1-6H3,(H,34,38). The Balaban J connectivity index is 2.11. The molecule has 232 valence electrons. The number of hydrogen-bond donors (Lipinski definition) is 1. The summed E-state index contributed by atoms with van der Waals surface area (Å²) in [6.45, 7) is 6.97. The SMILES string of the molecule is COc1ccc(N(CC(=O)N(Cc2c(Cl)cccc2Cl)C(C)C(=O)NCC(C)C)S(=O)(=O)c2ccc(C)cc2)cc1OC. The largest absolute Gasteiger partial charge is 0.493 e. The van der Waals surface area contributed by atoms with Crippen molar-refractivity contribution in [2.24, 2.45) is 5.92 Å². The van der Waals surface area contributed by atoms with Crippen LogP contribution in [0.1, 0.15) is 31.9 Å². The number of benzene rings is 3. The fourth-order valence-electron chi connectivity index (χ4n) is 4.24. The second-order valence-electron chi connectivity index (χ2n) is 10.4. The lowest BCUT2D eigenvalue weighted by Crippen LogP contribution is -2.51. The molecule has 0 bridgehead atoms. The van der Waals surface area contributed by atoms with Crippen LogP contribution in [0.2, 0.25) is 10.0 Å². The van der Waals surface area contributed by atoms with Gasteiger partial charge >= 0.3 is 0 Å². The number of carbonyl (C=O) groups is 2. The van der Waals surface area contributed by atoms with Crippen molar-refractivity contribution in [3.05, 3.63) is 81.8 Å². The van der Waals surface area contributed by atoms with Crippen molar-refractivity contribution in [1.82, 2.24) is 10.2 Å². The van der Waals surface area contributed by atoms with Crippen molar-refractivity contribution in [2.75, 3.05) is 31.6 Å². The summed E-state index contributed by atoms with van der Waals surface area (Å²) in [6.07, 6.45) is 0. The summed E-state index contributed by atoms with van der Waals surface area (Å²) >= 11 is 12.9. The molecule has 3 rings (SSSR count). The lowest BCUT2D eigenvalue weighted by Gasteiger charge is -2.32. The van der Waals surface area contributed by atoms with Gasteiger partial charge in [0.05, 0.1) is 24.8 Å². The molecule has 0 aromatic heterocycles. The molecule has 1 unspecified atom stereocenters. The number of amides is 2. The van der Waals surface area contributed by atoms with Crippen LogP contribution < -0.4 is 19.1 Å². The summed E-state index contributed by atoms with van der Waals surface area (Å²) in [5.41, 5.74) is 1.47. The summed E-state index contributed by atoms with van der Waals surface area (Å²) in [4.78, 5) is 28.6. The average molecular weight is 651 g/mol. The number of aryl methyl sites for hydroxylation is 1. The van der Waals surface area contributed by atoms with Crippen molar-refractivity contribution in [2.45, 2.75) is 45.2 Å². The van der Waals surface area contributed by atoms with Crippen LogP contribution in [-0.2, 0) is 26.2 Å². The highest BCUT2D eigenvalue weighted by atomic mass is 35.5. The third kappa shape index (κ3) is 8.34. The first-order valence-electron chi connectivity index (χ1n) is 13.6. The molecule has 3 aromatic rings. The maximum Gasteiger partial charge on any atom is 0.264 e. The third-order valence-electron chi connectivity index (χ3n) is 6.78. The van der Waals surface area contributed by atoms with E-state index in [0.717, 1.165) is 9.87 Å². The summed E-state index contributed by atoms with van der Waals surface area (Å²) < 4.78 is 39.9. The molecular formula is C31H37Cl2N3O6S. The van der Waals surface area contributed by atoms with E-state index in [-0.39, 0.29) is 28.8 Å². The molecule has 2 amide bonds. The van der Waals surface area contributed by atoms with Gasteiger partial charge in [-0.25, -0.2) is 8.42 Å². The predicted octanol–water partition coefficient (Wildman–Crippen LogP) is 5.70. The molecule has 1 atom stereocenters. The van der Waals surface area contributed by atoms with Gasteiger partial charge in [-0.1, -0.05) is 60.8 Å². The van der Waals surface area contributed by atoms with E-state index < -0.39 is 34.4 Å². The highest BCUT2D eigenvalue weighted by molar-refractivity contribution is 7.92. The minimum atomic E-state index is -4.26. The zero-order valence-corrected chi connectivity index (χ0v) is 27.4. The summed E-state index contributed by atoms with van der Waals surface area (Å²) in [5.74, 6) is -0.204. The highest BCUT2D eigenvalue weighted by Crippen LogP contribution is 2.34. The first-order chi connectivity index (χ1) is 20.3. The molecule has 0 saturated heterocycles. The molecule has 12 heteroatoms. The number of sulfonamides is 1. The molecule has 9 nitrogen and oxygen atoms in total. The second-order valence-corrected chi connectivity index (χ2v) is 13.1. The number of rotatable bonds is 13. The molecule has 0 heterocycles. The molecular weight excluding hydrogens is 613 g/mol. The van der Waals surface area contributed by atoms with Gasteiger partial charge in [-0.05, 0) is 56.2 Å². The number of nitrogens with zero attached hydrogens (tertiary/aromatic N) is 2. The van der Waals surface area contributed by atoms with Crippen LogP contribution in [-0.4, -0.2) is 58.5 Å². The van der Waals surface area contributed by atoms with Gasteiger partial charge in [-0.15, -0.1) is 0 Å². The van der Waals surface area contributed by atoms with E-state index in [4.69, 9.17) is 32.7 Å². The van der Waals surface area contributed by atoms with E-state index in [0.29, 0.717) is 27.9 Å². The zero-order chi connectivity index (χ0) is 31.9. The topological polar surface area (TPSA) is 105 Å². The summed E-state index contributed by atoms with van der Waals surface area (Å²) in [6, 6.07) is 14.8. The Hall–Kier alpha value is -3.47. The van der Waals surface area contributed by atoms with Crippen LogP contribution in [0.3, 0.4) is 0 Å². The van der Waals surface area contributed by atoms with Gasteiger partial charge in [-0.3, -0.25) is 13.9 Å². The molecule has 0 radical (unpaired) electrons. The summed E-state index contributed by atoms with van der Waals surface area (Å²) in [5, 5.41) is 3.46. The second kappa shape index (κ2) is 14.8. The Morgan fingerprint density at radius 3 is 2.07 bits per heavy atom. The molecule has 43 heavy (non-hydrogen) atoms. The fraction of sp³-hybridized carbons (Fsp3) is 0.355. The van der Waals surface area contributed by atoms with Crippen molar-refractivity contribution in [3.8, 4) is 11.5 Å².